The molecule has 8 heterocycles. The number of aromatic nitrogens is 4. The van der Waals surface area contributed by atoms with Crippen molar-refractivity contribution in [3.8, 4) is 28.6 Å². The van der Waals surface area contributed by atoms with E-state index in [1.54, 1.807) is 0 Å². The lowest BCUT2D eigenvalue weighted by Crippen LogP contribution is -2.75. The maximum Gasteiger partial charge on any atom is 0.318 e. The standard InChI is InChI=1S/C47H28N4O2/c1-25-10-9-11-26(2)41(25)35-24-49-46-42-29(31-22-32-28-13-4-6-15-36(28)52-39(32)23-34(31)50(35)46)17-19-37-43(42)47(49)44-38(53-37)20-18-30-27-12-3-5-14-33(27)51(45(30)44)40-16-7-8-21-48(40)47/h3-24H,1-2H3/q+2. The van der Waals surface area contributed by atoms with Crippen molar-refractivity contribution in [3.63, 3.8) is 0 Å². The van der Waals surface area contributed by atoms with Gasteiger partial charge in [-0.2, -0.15) is 18.1 Å². The molecule has 6 heteroatoms. The molecular formula is C47H28N4O2+2. The summed E-state index contributed by atoms with van der Waals surface area (Å²) in [6.07, 6.45) is 4.69. The average Bonchev–Trinajstić information content (AvgIpc) is 3.92. The second-order valence-corrected chi connectivity index (χ2v) is 15.0. The topological polar surface area (TPSA) is 39.5 Å². The number of fused-ring (bicyclic) bond motifs is 11. The highest BCUT2D eigenvalue weighted by Gasteiger charge is 2.65. The number of ether oxygens (including phenoxy) is 1. The second-order valence-electron chi connectivity index (χ2n) is 15.0. The summed E-state index contributed by atoms with van der Waals surface area (Å²) in [5, 5.41) is 8.33. The molecule has 0 amide bonds. The van der Waals surface area contributed by atoms with E-state index >= 15 is 0 Å². The number of furan rings is 1. The molecule has 0 radical (unpaired) electrons. The normalized spacial score (nSPS) is 16.3. The van der Waals surface area contributed by atoms with Crippen molar-refractivity contribution in [1.82, 2.24) is 8.97 Å². The van der Waals surface area contributed by atoms with Crippen LogP contribution in [0.2, 0.25) is 0 Å². The first-order valence-electron chi connectivity index (χ1n) is 18.3. The minimum Gasteiger partial charge on any atom is -0.456 e. The number of benzene rings is 6. The summed E-state index contributed by atoms with van der Waals surface area (Å²) in [6, 6.07) is 43.9. The molecule has 14 rings (SSSR count). The zero-order valence-electron chi connectivity index (χ0n) is 28.8. The number of pyridine rings is 2. The largest absolute Gasteiger partial charge is 0.456 e. The molecule has 1 unspecified atom stereocenters. The van der Waals surface area contributed by atoms with Gasteiger partial charge in [-0.15, -0.1) is 0 Å². The molecule has 53 heavy (non-hydrogen) atoms. The lowest BCUT2D eigenvalue weighted by molar-refractivity contribution is -0.956. The number of para-hydroxylation sites is 2. The van der Waals surface area contributed by atoms with Crippen molar-refractivity contribution in [2.45, 2.75) is 19.5 Å². The first-order chi connectivity index (χ1) is 26.1. The van der Waals surface area contributed by atoms with Crippen molar-refractivity contribution >= 4 is 71.1 Å². The van der Waals surface area contributed by atoms with Crippen molar-refractivity contribution < 1.29 is 18.3 Å². The Bertz CT molecular complexity index is 3560. The molecule has 0 aliphatic carbocycles. The van der Waals surface area contributed by atoms with Gasteiger partial charge < -0.3 is 9.15 Å². The third-order valence-corrected chi connectivity index (χ3v) is 12.6. The average molecular weight is 681 g/mol. The van der Waals surface area contributed by atoms with E-state index in [-0.39, 0.29) is 0 Å². The van der Waals surface area contributed by atoms with Crippen molar-refractivity contribution in [2.24, 2.45) is 0 Å². The lowest BCUT2D eigenvalue weighted by Gasteiger charge is -2.36. The zero-order chi connectivity index (χ0) is 34.5. The predicted molar refractivity (Wildman–Crippen MR) is 207 cm³/mol. The summed E-state index contributed by atoms with van der Waals surface area (Å²) in [7, 11) is 0. The van der Waals surface area contributed by atoms with Gasteiger partial charge in [0.25, 0.3) is 11.5 Å². The van der Waals surface area contributed by atoms with Gasteiger partial charge in [-0.25, -0.2) is 0 Å². The summed E-state index contributed by atoms with van der Waals surface area (Å²) in [6.45, 7) is 4.47. The van der Waals surface area contributed by atoms with Crippen molar-refractivity contribution in [3.05, 3.63) is 156 Å². The van der Waals surface area contributed by atoms with Crippen LogP contribution >= 0.6 is 0 Å². The zero-order valence-corrected chi connectivity index (χ0v) is 28.8. The minimum absolute atomic E-state index is 0.755. The van der Waals surface area contributed by atoms with Crippen LogP contribution in [0, 0.1) is 13.8 Å². The van der Waals surface area contributed by atoms with Gasteiger partial charge in [-0.3, -0.25) is 0 Å². The van der Waals surface area contributed by atoms with Gasteiger partial charge in [-0.1, -0.05) is 54.6 Å². The molecule has 6 aromatic carbocycles. The molecule has 6 nitrogen and oxygen atoms in total. The van der Waals surface area contributed by atoms with E-state index in [2.05, 4.69) is 160 Å². The number of rotatable bonds is 1. The Morgan fingerprint density at radius 2 is 1.36 bits per heavy atom. The Balaban J connectivity index is 1.28. The van der Waals surface area contributed by atoms with E-state index in [1.165, 1.54) is 65.8 Å². The summed E-state index contributed by atoms with van der Waals surface area (Å²) < 4.78 is 23.7. The first kappa shape index (κ1) is 26.8. The Morgan fingerprint density at radius 3 is 2.25 bits per heavy atom. The molecule has 0 N–H and O–H groups in total. The van der Waals surface area contributed by atoms with Gasteiger partial charge in [0.2, 0.25) is 0 Å². The maximum atomic E-state index is 7.05. The highest BCUT2D eigenvalue weighted by atomic mass is 16.5. The SMILES string of the molecule is Cc1cccc(C)c1-c1c[n+]2c3c4c5c(ccc4c4cc6c(cc4n13)oc1ccccc16)Oc1ccc3c4ccccc4n4c3c1C52[n+]1ccccc1-4. The first-order valence-corrected chi connectivity index (χ1v) is 18.3. The van der Waals surface area contributed by atoms with Crippen LogP contribution in [0.4, 0.5) is 0 Å². The van der Waals surface area contributed by atoms with E-state index in [0.717, 1.165) is 56.1 Å². The fourth-order valence-corrected chi connectivity index (χ4v) is 10.6. The second kappa shape index (κ2) is 8.57. The molecule has 0 saturated heterocycles. The van der Waals surface area contributed by atoms with E-state index in [9.17, 15) is 0 Å². The van der Waals surface area contributed by atoms with Crippen LogP contribution in [0.3, 0.4) is 0 Å². The van der Waals surface area contributed by atoms with Gasteiger partial charge >= 0.3 is 5.66 Å². The van der Waals surface area contributed by atoms with E-state index in [4.69, 9.17) is 9.15 Å². The van der Waals surface area contributed by atoms with Crippen molar-refractivity contribution in [1.29, 1.82) is 0 Å². The van der Waals surface area contributed by atoms with Gasteiger partial charge in [0.15, 0.2) is 11.2 Å². The monoisotopic (exact) mass is 680 g/mol. The summed E-state index contributed by atoms with van der Waals surface area (Å²) in [4.78, 5) is 0. The molecular weight excluding hydrogens is 653 g/mol. The third-order valence-electron chi connectivity index (χ3n) is 12.6. The molecule has 1 spiro atoms. The number of hydrogen-bond donors (Lipinski definition) is 0. The fourth-order valence-electron chi connectivity index (χ4n) is 10.6. The third kappa shape index (κ3) is 2.76. The van der Waals surface area contributed by atoms with E-state index in [1.807, 2.05) is 6.07 Å². The number of aryl methyl sites for hydroxylation is 2. The number of imidazole rings is 1. The Kier molecular flexibility index (Phi) is 4.34. The maximum absolute atomic E-state index is 7.05. The van der Waals surface area contributed by atoms with Crippen molar-refractivity contribution in [2.75, 3.05) is 0 Å². The van der Waals surface area contributed by atoms with Crippen LogP contribution in [0.1, 0.15) is 22.3 Å². The van der Waals surface area contributed by atoms with Gasteiger partial charge in [0.1, 0.15) is 51.0 Å². The number of hydrogen-bond acceptors (Lipinski definition) is 2. The molecule has 11 aromatic rings. The summed E-state index contributed by atoms with van der Waals surface area (Å²) in [5.41, 5.74) is 12.9. The quantitative estimate of drug-likeness (QED) is 0.128. The Morgan fingerprint density at radius 1 is 0.585 bits per heavy atom. The minimum atomic E-state index is -0.755. The summed E-state index contributed by atoms with van der Waals surface area (Å²) in [5.74, 6) is 2.90. The lowest BCUT2D eigenvalue weighted by atomic mass is 9.83. The van der Waals surface area contributed by atoms with Crippen LogP contribution in [0.5, 0.6) is 11.5 Å². The van der Waals surface area contributed by atoms with Crippen LogP contribution in [0.25, 0.3) is 88.1 Å². The fraction of sp³-hybridized carbons (Fsp3) is 0.0638. The molecule has 3 aliphatic heterocycles. The Hall–Kier alpha value is -6.92. The molecule has 3 aliphatic rings. The molecule has 1 atom stereocenters. The Labute approximate surface area is 301 Å². The van der Waals surface area contributed by atoms with Gasteiger partial charge in [0, 0.05) is 50.0 Å². The molecule has 0 saturated carbocycles. The van der Waals surface area contributed by atoms with E-state index < -0.39 is 5.66 Å². The van der Waals surface area contributed by atoms with Crippen LogP contribution in [-0.4, -0.2) is 8.97 Å². The highest BCUT2D eigenvalue weighted by molar-refractivity contribution is 6.20. The van der Waals surface area contributed by atoms with Gasteiger partial charge in [-0.05, 0) is 79.6 Å². The van der Waals surface area contributed by atoms with Gasteiger partial charge in [0.05, 0.1) is 11.6 Å². The predicted octanol–water partition coefficient (Wildman–Crippen LogP) is 10.1. The number of nitrogens with zero attached hydrogens (tertiary/aromatic N) is 4. The van der Waals surface area contributed by atoms with Crippen LogP contribution in [-0.2, 0) is 5.66 Å². The molecule has 0 bridgehead atoms. The molecule has 0 fully saturated rings. The van der Waals surface area contributed by atoms with E-state index in [0.29, 0.717) is 0 Å². The molecule has 246 valence electrons. The summed E-state index contributed by atoms with van der Waals surface area (Å²) >= 11 is 0. The molecule has 5 aromatic heterocycles. The van der Waals surface area contributed by atoms with Crippen LogP contribution in [0.15, 0.2) is 138 Å². The van der Waals surface area contributed by atoms with Crippen LogP contribution < -0.4 is 13.9 Å². The smallest absolute Gasteiger partial charge is 0.318 e. The highest BCUT2D eigenvalue weighted by Crippen LogP contribution is 2.57.